The number of benzene rings is 2. The zero-order valence-corrected chi connectivity index (χ0v) is 16.2. The maximum Gasteiger partial charge on any atom is 0.329 e. The molecule has 2 saturated heterocycles. The zero-order valence-electron chi connectivity index (χ0n) is 15.4. The van der Waals surface area contributed by atoms with Crippen molar-refractivity contribution in [3.05, 3.63) is 63.7 Å². The highest BCUT2D eigenvalue weighted by atomic mass is 32.2. The molecule has 2 fully saturated rings. The van der Waals surface area contributed by atoms with Crippen LogP contribution in [0.25, 0.3) is 0 Å². The molecule has 0 N–H and O–H groups in total. The lowest BCUT2D eigenvalue weighted by Gasteiger charge is -2.23. The lowest BCUT2D eigenvalue weighted by atomic mass is 10.1. The van der Waals surface area contributed by atoms with Gasteiger partial charge < -0.3 is 0 Å². The van der Waals surface area contributed by atoms with Crippen molar-refractivity contribution < 1.29 is 18.1 Å². The van der Waals surface area contributed by atoms with Crippen molar-refractivity contribution in [3.8, 4) is 0 Å². The Morgan fingerprint density at radius 2 is 1.46 bits per heavy atom. The Balaban J connectivity index is 1.78. The minimum Gasteiger partial charge on any atom is -0.288 e. The van der Waals surface area contributed by atoms with E-state index in [9.17, 15) is 23.3 Å². The number of non-ortho nitro benzene ring substituents is 1. The van der Waals surface area contributed by atoms with Crippen LogP contribution in [0.1, 0.15) is 11.1 Å². The molecule has 0 radical (unpaired) electrons. The lowest BCUT2D eigenvalue weighted by Crippen LogP contribution is -2.38. The molecule has 2 aromatic rings. The second-order valence-electron chi connectivity index (χ2n) is 7.28. The first-order valence-corrected chi connectivity index (χ1v) is 10.6. The molecule has 2 aliphatic heterocycles. The van der Waals surface area contributed by atoms with Crippen molar-refractivity contribution in [2.75, 3.05) is 21.3 Å². The Kier molecular flexibility index (Phi) is 4.15. The first-order valence-electron chi connectivity index (χ1n) is 8.82. The van der Waals surface area contributed by atoms with E-state index in [4.69, 9.17) is 0 Å². The van der Waals surface area contributed by atoms with E-state index in [2.05, 4.69) is 0 Å². The van der Waals surface area contributed by atoms with Crippen molar-refractivity contribution >= 4 is 32.9 Å². The molecule has 8 nitrogen and oxygen atoms in total. The second kappa shape index (κ2) is 6.30. The molecule has 2 aromatic carbocycles. The lowest BCUT2D eigenvalue weighted by molar-refractivity contribution is -0.384. The van der Waals surface area contributed by atoms with Gasteiger partial charge in [-0.15, -0.1) is 0 Å². The molecule has 0 aromatic heterocycles. The summed E-state index contributed by atoms with van der Waals surface area (Å²) in [7, 11) is -3.29. The van der Waals surface area contributed by atoms with Gasteiger partial charge in [-0.3, -0.25) is 19.9 Å². The van der Waals surface area contributed by atoms with Crippen LogP contribution in [0.15, 0.2) is 42.5 Å². The molecule has 28 heavy (non-hydrogen) atoms. The van der Waals surface area contributed by atoms with E-state index in [0.29, 0.717) is 11.4 Å². The molecule has 2 aliphatic rings. The molecule has 2 atom stereocenters. The highest BCUT2D eigenvalue weighted by Crippen LogP contribution is 2.38. The number of nitrogens with zero attached hydrogens (tertiary/aromatic N) is 3. The van der Waals surface area contributed by atoms with Crippen LogP contribution in [-0.4, -0.2) is 43.0 Å². The van der Waals surface area contributed by atoms with Crippen LogP contribution in [0, 0.1) is 24.0 Å². The standard InChI is InChI=1S/C19H19N3O5S/c1-12-3-4-16(9-13(12)2)21-18-11-28(26,27)10-17(18)20(19(21)23)14-5-7-15(8-6-14)22(24)25/h3-9,17-18H,10-11H2,1-2H3/t17-,18+/m0/s1. The molecule has 0 saturated carbocycles. The Labute approximate surface area is 162 Å². The van der Waals surface area contributed by atoms with Crippen LogP contribution in [0.3, 0.4) is 0 Å². The number of nitro groups is 1. The molecular weight excluding hydrogens is 382 g/mol. The average molecular weight is 401 g/mol. The smallest absolute Gasteiger partial charge is 0.288 e. The molecule has 0 bridgehead atoms. The highest BCUT2D eigenvalue weighted by Gasteiger charge is 2.54. The largest absolute Gasteiger partial charge is 0.329 e. The number of urea groups is 1. The van der Waals surface area contributed by atoms with Gasteiger partial charge in [0.25, 0.3) is 5.69 Å². The first kappa shape index (κ1) is 18.4. The predicted molar refractivity (Wildman–Crippen MR) is 106 cm³/mol. The van der Waals surface area contributed by atoms with Crippen LogP contribution < -0.4 is 9.80 Å². The Hall–Kier alpha value is -2.94. The number of hydrogen-bond donors (Lipinski definition) is 0. The summed E-state index contributed by atoms with van der Waals surface area (Å²) in [4.78, 5) is 26.7. The number of carbonyl (C=O) groups is 1. The van der Waals surface area contributed by atoms with Crippen LogP contribution in [-0.2, 0) is 9.84 Å². The summed E-state index contributed by atoms with van der Waals surface area (Å²) in [6.07, 6.45) is 0. The fourth-order valence-corrected chi connectivity index (χ4v) is 5.84. The molecular formula is C19H19N3O5S. The summed E-state index contributed by atoms with van der Waals surface area (Å²) in [6, 6.07) is 9.89. The van der Waals surface area contributed by atoms with Crippen molar-refractivity contribution in [2.24, 2.45) is 0 Å². The predicted octanol–water partition coefficient (Wildman–Crippen LogP) is 2.82. The van der Waals surface area contributed by atoms with Crippen molar-refractivity contribution in [1.29, 1.82) is 0 Å². The molecule has 0 unspecified atom stereocenters. The van der Waals surface area contributed by atoms with Gasteiger partial charge in [0.1, 0.15) is 0 Å². The van der Waals surface area contributed by atoms with E-state index in [1.54, 1.807) is 4.90 Å². The quantitative estimate of drug-likeness (QED) is 0.447. The molecule has 2 heterocycles. The molecule has 0 aliphatic carbocycles. The van der Waals surface area contributed by atoms with Gasteiger partial charge in [-0.05, 0) is 49.2 Å². The summed E-state index contributed by atoms with van der Waals surface area (Å²) in [5.74, 6) is -0.221. The maximum absolute atomic E-state index is 13.3. The SMILES string of the molecule is Cc1ccc(N2C(=O)N(c3ccc([N+](=O)[O-])cc3)[C@H]3CS(=O)(=O)C[C@H]32)cc1C. The molecule has 2 amide bonds. The number of nitro benzene ring substituents is 1. The molecule has 0 spiro atoms. The Bertz CT molecular complexity index is 1080. The number of amides is 2. The monoisotopic (exact) mass is 401 g/mol. The second-order valence-corrected chi connectivity index (χ2v) is 9.43. The number of aryl methyl sites for hydroxylation is 2. The van der Waals surface area contributed by atoms with Crippen LogP contribution in [0.4, 0.5) is 21.9 Å². The van der Waals surface area contributed by atoms with Gasteiger partial charge in [0, 0.05) is 23.5 Å². The Morgan fingerprint density at radius 1 is 0.929 bits per heavy atom. The Morgan fingerprint density at radius 3 is 2.00 bits per heavy atom. The fraction of sp³-hybridized carbons (Fsp3) is 0.316. The number of hydrogen-bond acceptors (Lipinski definition) is 5. The topological polar surface area (TPSA) is 101 Å². The molecule has 9 heteroatoms. The van der Waals surface area contributed by atoms with E-state index >= 15 is 0 Å². The number of anilines is 2. The van der Waals surface area contributed by atoms with E-state index in [0.717, 1.165) is 11.1 Å². The van der Waals surface area contributed by atoms with E-state index < -0.39 is 26.8 Å². The van der Waals surface area contributed by atoms with E-state index in [1.807, 2.05) is 32.0 Å². The van der Waals surface area contributed by atoms with Gasteiger partial charge in [-0.1, -0.05) is 6.07 Å². The number of carbonyl (C=O) groups excluding carboxylic acids is 1. The number of rotatable bonds is 3. The molecule has 4 rings (SSSR count). The summed E-state index contributed by atoms with van der Waals surface area (Å²) < 4.78 is 24.6. The summed E-state index contributed by atoms with van der Waals surface area (Å²) in [5.41, 5.74) is 3.12. The third kappa shape index (κ3) is 2.91. The van der Waals surface area contributed by atoms with Crippen molar-refractivity contribution in [1.82, 2.24) is 0 Å². The van der Waals surface area contributed by atoms with Crippen molar-refractivity contribution in [2.45, 2.75) is 25.9 Å². The minimum absolute atomic E-state index is 0.0861. The van der Waals surface area contributed by atoms with Gasteiger partial charge in [0.05, 0.1) is 28.5 Å². The van der Waals surface area contributed by atoms with Gasteiger partial charge in [-0.25, -0.2) is 13.2 Å². The summed E-state index contributed by atoms with van der Waals surface area (Å²) in [5, 5.41) is 10.9. The minimum atomic E-state index is -3.29. The maximum atomic E-state index is 13.3. The third-order valence-electron chi connectivity index (χ3n) is 5.48. The number of fused-ring (bicyclic) bond motifs is 1. The van der Waals surface area contributed by atoms with Crippen LogP contribution in [0.2, 0.25) is 0 Å². The first-order chi connectivity index (χ1) is 13.2. The van der Waals surface area contributed by atoms with E-state index in [1.165, 1.54) is 29.2 Å². The fourth-order valence-electron chi connectivity index (χ4n) is 3.92. The zero-order chi connectivity index (χ0) is 20.2. The molecule has 146 valence electrons. The normalized spacial score (nSPS) is 23.1. The van der Waals surface area contributed by atoms with Crippen molar-refractivity contribution in [3.63, 3.8) is 0 Å². The van der Waals surface area contributed by atoms with Gasteiger partial charge >= 0.3 is 6.03 Å². The number of sulfone groups is 1. The summed E-state index contributed by atoms with van der Waals surface area (Å²) >= 11 is 0. The van der Waals surface area contributed by atoms with E-state index in [-0.39, 0.29) is 23.2 Å². The third-order valence-corrected chi connectivity index (χ3v) is 7.18. The highest BCUT2D eigenvalue weighted by molar-refractivity contribution is 7.91. The van der Waals surface area contributed by atoms with Crippen LogP contribution >= 0.6 is 0 Å². The van der Waals surface area contributed by atoms with Gasteiger partial charge in [0.2, 0.25) is 0 Å². The summed E-state index contributed by atoms with van der Waals surface area (Å²) in [6.45, 7) is 3.91. The van der Waals surface area contributed by atoms with Gasteiger partial charge in [0.15, 0.2) is 9.84 Å². The van der Waals surface area contributed by atoms with Crippen LogP contribution in [0.5, 0.6) is 0 Å². The average Bonchev–Trinajstić information content (AvgIpc) is 3.06. The van der Waals surface area contributed by atoms with Gasteiger partial charge in [-0.2, -0.15) is 0 Å².